The number of carbonyl (C=O) groups excluding carboxylic acids is 1. The average Bonchev–Trinajstić information content (AvgIpc) is 2.85. The van der Waals surface area contributed by atoms with Crippen LogP contribution < -0.4 is 10.2 Å². The Hall–Kier alpha value is -2.30. The normalized spacial score (nSPS) is 10.7. The summed E-state index contributed by atoms with van der Waals surface area (Å²) in [6, 6.07) is 9.36. The number of aromatic nitrogens is 2. The van der Waals surface area contributed by atoms with E-state index in [4.69, 9.17) is 0 Å². The summed E-state index contributed by atoms with van der Waals surface area (Å²) in [6.45, 7) is 5.02. The summed E-state index contributed by atoms with van der Waals surface area (Å²) in [5, 5.41) is 7.16. The molecular weight excluding hydrogens is 264 g/mol. The summed E-state index contributed by atoms with van der Waals surface area (Å²) in [7, 11) is 3.91. The fraction of sp³-hybridized carbons (Fsp3) is 0.375. The van der Waals surface area contributed by atoms with E-state index < -0.39 is 0 Å². The predicted molar refractivity (Wildman–Crippen MR) is 85.8 cm³/mol. The molecule has 0 saturated heterocycles. The van der Waals surface area contributed by atoms with Gasteiger partial charge in [-0.25, -0.2) is 4.68 Å². The monoisotopic (exact) mass is 286 g/mol. The minimum absolute atomic E-state index is 0.121. The Balaban J connectivity index is 2.15. The van der Waals surface area contributed by atoms with Gasteiger partial charge in [-0.1, -0.05) is 19.9 Å². The van der Waals surface area contributed by atoms with Crippen molar-refractivity contribution in [2.24, 2.45) is 5.92 Å². The predicted octanol–water partition coefficient (Wildman–Crippen LogP) is 2.86. The third kappa shape index (κ3) is 3.84. The van der Waals surface area contributed by atoms with Crippen molar-refractivity contribution >= 4 is 17.4 Å². The van der Waals surface area contributed by atoms with Crippen LogP contribution in [0, 0.1) is 5.92 Å². The van der Waals surface area contributed by atoms with Crippen LogP contribution in [0.4, 0.5) is 11.5 Å². The lowest BCUT2D eigenvalue weighted by atomic mass is 10.2. The van der Waals surface area contributed by atoms with E-state index >= 15 is 0 Å². The second-order valence-electron chi connectivity index (χ2n) is 5.69. The number of hydrogen-bond donors (Lipinski definition) is 1. The number of benzene rings is 1. The van der Waals surface area contributed by atoms with Crippen molar-refractivity contribution in [3.63, 3.8) is 0 Å². The molecular formula is C16H22N4O. The van der Waals surface area contributed by atoms with E-state index in [1.165, 1.54) is 0 Å². The van der Waals surface area contributed by atoms with Gasteiger partial charge in [0.1, 0.15) is 5.82 Å². The van der Waals surface area contributed by atoms with E-state index in [2.05, 4.69) is 24.3 Å². The van der Waals surface area contributed by atoms with Gasteiger partial charge >= 0.3 is 0 Å². The Morgan fingerprint density at radius 1 is 1.33 bits per heavy atom. The zero-order valence-corrected chi connectivity index (χ0v) is 13.0. The molecule has 1 aromatic carbocycles. The zero-order valence-electron chi connectivity index (χ0n) is 13.0. The maximum Gasteiger partial charge on any atom is 0.256 e. The first-order chi connectivity index (χ1) is 9.97. The molecule has 0 aliphatic rings. The molecule has 0 bridgehead atoms. The minimum atomic E-state index is -0.121. The summed E-state index contributed by atoms with van der Waals surface area (Å²) in [6.07, 6.45) is 1.70. The topological polar surface area (TPSA) is 50.2 Å². The maximum absolute atomic E-state index is 12.4. The van der Waals surface area contributed by atoms with Crippen LogP contribution in [0.2, 0.25) is 0 Å². The molecule has 1 heterocycles. The Morgan fingerprint density at radius 2 is 2.10 bits per heavy atom. The highest BCUT2D eigenvalue weighted by atomic mass is 16.1. The summed E-state index contributed by atoms with van der Waals surface area (Å²) < 4.78 is 1.82. The van der Waals surface area contributed by atoms with Gasteiger partial charge in [-0.15, -0.1) is 0 Å². The molecule has 1 N–H and O–H groups in total. The fourth-order valence-electron chi connectivity index (χ4n) is 2.04. The van der Waals surface area contributed by atoms with Crippen LogP contribution in [0.15, 0.2) is 36.5 Å². The molecule has 0 radical (unpaired) electrons. The molecule has 0 spiro atoms. The lowest BCUT2D eigenvalue weighted by molar-refractivity contribution is 0.102. The lowest BCUT2D eigenvalue weighted by Crippen LogP contribution is -2.18. The standard InChI is InChI=1S/C16H22N4O/c1-12(2)11-20-15(8-9-17-20)18-16(21)13-6-5-7-14(10-13)19(3)4/h5-10,12H,11H2,1-4H3,(H,18,21). The van der Waals surface area contributed by atoms with Gasteiger partial charge in [-0.3, -0.25) is 4.79 Å². The quantitative estimate of drug-likeness (QED) is 0.919. The third-order valence-electron chi connectivity index (χ3n) is 3.12. The summed E-state index contributed by atoms with van der Waals surface area (Å²) in [5.74, 6) is 1.07. The van der Waals surface area contributed by atoms with E-state index in [1.54, 1.807) is 6.20 Å². The summed E-state index contributed by atoms with van der Waals surface area (Å²) in [5.41, 5.74) is 1.64. The van der Waals surface area contributed by atoms with Crippen molar-refractivity contribution in [3.8, 4) is 0 Å². The first-order valence-electron chi connectivity index (χ1n) is 7.08. The van der Waals surface area contributed by atoms with Gasteiger partial charge < -0.3 is 10.2 Å². The van der Waals surface area contributed by atoms with Crippen molar-refractivity contribution < 1.29 is 4.79 Å². The highest BCUT2D eigenvalue weighted by Gasteiger charge is 2.11. The molecule has 5 heteroatoms. The smallest absolute Gasteiger partial charge is 0.256 e. The molecule has 0 fully saturated rings. The van der Waals surface area contributed by atoms with Gasteiger partial charge in [0.15, 0.2) is 0 Å². The van der Waals surface area contributed by atoms with Crippen molar-refractivity contribution in [1.82, 2.24) is 9.78 Å². The Labute approximate surface area is 125 Å². The molecule has 2 aromatic rings. The van der Waals surface area contributed by atoms with Crippen LogP contribution in [0.5, 0.6) is 0 Å². The van der Waals surface area contributed by atoms with Gasteiger partial charge in [0.25, 0.3) is 5.91 Å². The van der Waals surface area contributed by atoms with E-state index in [0.29, 0.717) is 11.5 Å². The van der Waals surface area contributed by atoms with Crippen LogP contribution >= 0.6 is 0 Å². The molecule has 0 aliphatic heterocycles. The number of nitrogens with zero attached hydrogens (tertiary/aromatic N) is 3. The Morgan fingerprint density at radius 3 is 2.76 bits per heavy atom. The highest BCUT2D eigenvalue weighted by Crippen LogP contribution is 2.16. The van der Waals surface area contributed by atoms with Gasteiger partial charge in [-0.05, 0) is 24.1 Å². The first-order valence-corrected chi connectivity index (χ1v) is 7.08. The Kier molecular flexibility index (Phi) is 4.62. The van der Waals surface area contributed by atoms with Crippen molar-refractivity contribution in [3.05, 3.63) is 42.1 Å². The number of anilines is 2. The van der Waals surface area contributed by atoms with Crippen molar-refractivity contribution in [2.45, 2.75) is 20.4 Å². The van der Waals surface area contributed by atoms with Crippen LogP contribution in [-0.2, 0) is 6.54 Å². The second kappa shape index (κ2) is 6.43. The van der Waals surface area contributed by atoms with Crippen LogP contribution in [0.25, 0.3) is 0 Å². The summed E-state index contributed by atoms with van der Waals surface area (Å²) in [4.78, 5) is 14.3. The molecule has 0 aliphatic carbocycles. The van der Waals surface area contributed by atoms with Gasteiger partial charge in [0.05, 0.1) is 6.20 Å². The largest absolute Gasteiger partial charge is 0.378 e. The van der Waals surface area contributed by atoms with Gasteiger partial charge in [-0.2, -0.15) is 5.10 Å². The zero-order chi connectivity index (χ0) is 15.4. The molecule has 1 amide bonds. The number of amides is 1. The third-order valence-corrected chi connectivity index (χ3v) is 3.12. The molecule has 0 saturated carbocycles. The van der Waals surface area contributed by atoms with E-state index in [0.717, 1.165) is 18.1 Å². The first kappa shape index (κ1) is 15.1. The molecule has 0 unspecified atom stereocenters. The van der Waals surface area contributed by atoms with Crippen LogP contribution in [-0.4, -0.2) is 29.8 Å². The molecule has 2 rings (SSSR count). The molecule has 21 heavy (non-hydrogen) atoms. The number of carbonyl (C=O) groups is 1. The molecule has 0 atom stereocenters. The number of hydrogen-bond acceptors (Lipinski definition) is 3. The lowest BCUT2D eigenvalue weighted by Gasteiger charge is -2.14. The van der Waals surface area contributed by atoms with Gasteiger partial charge in [0.2, 0.25) is 0 Å². The maximum atomic E-state index is 12.4. The number of rotatable bonds is 5. The number of nitrogens with one attached hydrogen (secondary N) is 1. The summed E-state index contributed by atoms with van der Waals surface area (Å²) >= 11 is 0. The highest BCUT2D eigenvalue weighted by molar-refractivity contribution is 6.04. The van der Waals surface area contributed by atoms with Crippen LogP contribution in [0.3, 0.4) is 0 Å². The molecule has 1 aromatic heterocycles. The van der Waals surface area contributed by atoms with Crippen LogP contribution in [0.1, 0.15) is 24.2 Å². The van der Waals surface area contributed by atoms with Crippen molar-refractivity contribution in [1.29, 1.82) is 0 Å². The van der Waals surface area contributed by atoms with Crippen molar-refractivity contribution in [2.75, 3.05) is 24.3 Å². The van der Waals surface area contributed by atoms with E-state index in [1.807, 2.05) is 54.0 Å². The SMILES string of the molecule is CC(C)Cn1nccc1NC(=O)c1cccc(N(C)C)c1. The minimum Gasteiger partial charge on any atom is -0.378 e. The van der Waals surface area contributed by atoms with E-state index in [-0.39, 0.29) is 5.91 Å². The van der Waals surface area contributed by atoms with E-state index in [9.17, 15) is 4.79 Å². The molecule has 5 nitrogen and oxygen atoms in total. The molecule has 112 valence electrons. The fourth-order valence-corrected chi connectivity index (χ4v) is 2.04. The second-order valence-corrected chi connectivity index (χ2v) is 5.69. The average molecular weight is 286 g/mol. The van der Waals surface area contributed by atoms with Gasteiger partial charge in [0, 0.05) is 38.0 Å². The Bertz CT molecular complexity index is 616.